The lowest BCUT2D eigenvalue weighted by Gasteiger charge is -2.22. The Bertz CT molecular complexity index is 161. The van der Waals surface area contributed by atoms with Gasteiger partial charge in [-0.25, -0.2) is 0 Å². The van der Waals surface area contributed by atoms with Crippen molar-refractivity contribution in [3.05, 3.63) is 0 Å². The van der Waals surface area contributed by atoms with Crippen LogP contribution in [0.5, 0.6) is 0 Å². The normalized spacial score (nSPS) is 13.9. The van der Waals surface area contributed by atoms with E-state index in [1.807, 2.05) is 0 Å². The van der Waals surface area contributed by atoms with Gasteiger partial charge in [0.15, 0.2) is 0 Å². The van der Waals surface area contributed by atoms with Crippen molar-refractivity contribution >= 4 is 0 Å². The molecule has 0 fully saturated rings. The van der Waals surface area contributed by atoms with Gasteiger partial charge in [0.25, 0.3) is 0 Å². The van der Waals surface area contributed by atoms with E-state index in [9.17, 15) is 0 Å². The Labute approximate surface area is 110 Å². The lowest BCUT2D eigenvalue weighted by molar-refractivity contribution is 0.279. The lowest BCUT2D eigenvalue weighted by atomic mass is 9.92. The highest BCUT2D eigenvalue weighted by Gasteiger charge is 2.10. The molecule has 0 aliphatic heterocycles. The molecule has 1 unspecified atom stereocenters. The second-order valence-electron chi connectivity index (χ2n) is 6.78. The van der Waals surface area contributed by atoms with E-state index in [1.165, 1.54) is 45.1 Å². The molecule has 0 bridgehead atoms. The maximum atomic E-state index is 2.35. The van der Waals surface area contributed by atoms with Crippen molar-refractivity contribution in [1.82, 2.24) is 4.90 Å². The first-order valence-electron chi connectivity index (χ1n) is 7.56. The molecule has 0 aromatic carbocycles. The Morgan fingerprint density at radius 2 is 1.24 bits per heavy atom. The summed E-state index contributed by atoms with van der Waals surface area (Å²) in [6.07, 6.45) is 8.48. The van der Waals surface area contributed by atoms with Crippen LogP contribution in [0.2, 0.25) is 0 Å². The van der Waals surface area contributed by atoms with Crippen molar-refractivity contribution in [2.45, 2.75) is 66.2 Å². The minimum Gasteiger partial charge on any atom is -0.309 e. The minimum absolute atomic E-state index is 0.857. The van der Waals surface area contributed by atoms with Crippen LogP contribution in [0.1, 0.15) is 66.2 Å². The van der Waals surface area contributed by atoms with Crippen molar-refractivity contribution < 1.29 is 0 Å². The molecule has 0 rings (SSSR count). The molecule has 0 aliphatic carbocycles. The number of nitrogens with zero attached hydrogens (tertiary/aromatic N) is 1. The van der Waals surface area contributed by atoms with E-state index in [0.717, 1.165) is 17.8 Å². The van der Waals surface area contributed by atoms with Crippen LogP contribution in [0.15, 0.2) is 0 Å². The van der Waals surface area contributed by atoms with Gasteiger partial charge in [-0.1, -0.05) is 53.4 Å². The third-order valence-corrected chi connectivity index (χ3v) is 3.42. The van der Waals surface area contributed by atoms with Crippen LogP contribution in [0.25, 0.3) is 0 Å². The summed E-state index contributed by atoms with van der Waals surface area (Å²) in [6, 6.07) is 0. The van der Waals surface area contributed by atoms with Crippen molar-refractivity contribution in [3.8, 4) is 0 Å². The Balaban J connectivity index is 3.76. The summed E-state index contributed by atoms with van der Waals surface area (Å²) in [5.41, 5.74) is 0. The van der Waals surface area contributed by atoms with E-state index in [-0.39, 0.29) is 0 Å². The molecule has 104 valence electrons. The molecule has 1 heteroatoms. The van der Waals surface area contributed by atoms with Gasteiger partial charge < -0.3 is 4.90 Å². The maximum Gasteiger partial charge on any atom is 0.000356 e. The minimum atomic E-state index is 0.857. The molecule has 0 spiro atoms. The third kappa shape index (κ3) is 12.2. The molecule has 0 aliphatic rings. The van der Waals surface area contributed by atoms with E-state index >= 15 is 0 Å². The number of hydrogen-bond acceptors (Lipinski definition) is 1. The quantitative estimate of drug-likeness (QED) is 0.496. The van der Waals surface area contributed by atoms with E-state index in [4.69, 9.17) is 0 Å². The second-order valence-corrected chi connectivity index (χ2v) is 6.78. The SMILES string of the molecule is CC(C)CCCCC(CCC(C)C)CN(C)C. The number of unbranched alkanes of at least 4 members (excludes halogenated alkanes) is 1. The van der Waals surface area contributed by atoms with Gasteiger partial charge in [0, 0.05) is 6.54 Å². The predicted molar refractivity (Wildman–Crippen MR) is 79.4 cm³/mol. The summed E-state index contributed by atoms with van der Waals surface area (Å²) >= 11 is 0. The summed E-state index contributed by atoms with van der Waals surface area (Å²) < 4.78 is 0. The zero-order valence-corrected chi connectivity index (χ0v) is 13.1. The Kier molecular flexibility index (Phi) is 9.91. The highest BCUT2D eigenvalue weighted by atomic mass is 15.1. The molecule has 0 heterocycles. The Morgan fingerprint density at radius 1 is 0.706 bits per heavy atom. The standard InChI is InChI=1S/C16H35N/c1-14(2)9-7-8-10-16(13-17(5)6)12-11-15(3)4/h14-16H,7-13H2,1-6H3. The van der Waals surface area contributed by atoms with Crippen LogP contribution < -0.4 is 0 Å². The second kappa shape index (κ2) is 9.94. The van der Waals surface area contributed by atoms with Gasteiger partial charge in [0.2, 0.25) is 0 Å². The molecular formula is C16H35N. The number of hydrogen-bond donors (Lipinski definition) is 0. The van der Waals surface area contributed by atoms with Crippen LogP contribution in [0.4, 0.5) is 0 Å². The van der Waals surface area contributed by atoms with Gasteiger partial charge in [-0.05, 0) is 44.7 Å². The van der Waals surface area contributed by atoms with Gasteiger partial charge in [-0.2, -0.15) is 0 Å². The smallest absolute Gasteiger partial charge is 0.000356 e. The van der Waals surface area contributed by atoms with Gasteiger partial charge in [-0.3, -0.25) is 0 Å². The Morgan fingerprint density at radius 3 is 1.71 bits per heavy atom. The average Bonchev–Trinajstić information content (AvgIpc) is 2.19. The highest BCUT2D eigenvalue weighted by Crippen LogP contribution is 2.20. The molecular weight excluding hydrogens is 206 g/mol. The van der Waals surface area contributed by atoms with Gasteiger partial charge in [0.1, 0.15) is 0 Å². The lowest BCUT2D eigenvalue weighted by Crippen LogP contribution is -2.22. The highest BCUT2D eigenvalue weighted by molar-refractivity contribution is 4.64. The van der Waals surface area contributed by atoms with Crippen molar-refractivity contribution in [2.75, 3.05) is 20.6 Å². The molecule has 0 aromatic rings. The molecule has 1 atom stereocenters. The van der Waals surface area contributed by atoms with E-state index in [0.29, 0.717) is 0 Å². The van der Waals surface area contributed by atoms with Crippen molar-refractivity contribution in [3.63, 3.8) is 0 Å². The molecule has 0 saturated carbocycles. The van der Waals surface area contributed by atoms with Gasteiger partial charge in [0.05, 0.1) is 0 Å². The Hall–Kier alpha value is -0.0400. The fraction of sp³-hybridized carbons (Fsp3) is 1.00. The van der Waals surface area contributed by atoms with E-state index in [2.05, 4.69) is 46.7 Å². The molecule has 0 amide bonds. The first kappa shape index (κ1) is 17.0. The van der Waals surface area contributed by atoms with Crippen molar-refractivity contribution in [1.29, 1.82) is 0 Å². The van der Waals surface area contributed by atoms with Crippen LogP contribution in [0, 0.1) is 17.8 Å². The summed E-state index contributed by atoms with van der Waals surface area (Å²) in [4.78, 5) is 2.35. The predicted octanol–water partition coefficient (Wildman–Crippen LogP) is 4.82. The largest absolute Gasteiger partial charge is 0.309 e. The van der Waals surface area contributed by atoms with Gasteiger partial charge >= 0.3 is 0 Å². The van der Waals surface area contributed by atoms with E-state index in [1.54, 1.807) is 0 Å². The topological polar surface area (TPSA) is 3.24 Å². The first-order valence-corrected chi connectivity index (χ1v) is 7.56. The maximum absolute atomic E-state index is 2.35. The molecule has 17 heavy (non-hydrogen) atoms. The molecule has 0 saturated heterocycles. The molecule has 0 N–H and O–H groups in total. The van der Waals surface area contributed by atoms with Crippen LogP contribution in [0.3, 0.4) is 0 Å². The van der Waals surface area contributed by atoms with E-state index < -0.39 is 0 Å². The van der Waals surface area contributed by atoms with Gasteiger partial charge in [-0.15, -0.1) is 0 Å². The summed E-state index contributed by atoms with van der Waals surface area (Å²) in [5.74, 6) is 2.65. The monoisotopic (exact) mass is 241 g/mol. The fourth-order valence-electron chi connectivity index (χ4n) is 2.40. The molecule has 1 nitrogen and oxygen atoms in total. The molecule has 0 radical (unpaired) electrons. The zero-order chi connectivity index (χ0) is 13.3. The fourth-order valence-corrected chi connectivity index (χ4v) is 2.40. The number of rotatable bonds is 10. The summed E-state index contributed by atoms with van der Waals surface area (Å²) in [7, 11) is 4.41. The zero-order valence-electron chi connectivity index (χ0n) is 13.1. The van der Waals surface area contributed by atoms with Crippen molar-refractivity contribution in [2.24, 2.45) is 17.8 Å². The average molecular weight is 241 g/mol. The summed E-state index contributed by atoms with van der Waals surface area (Å²) in [5, 5.41) is 0. The molecule has 0 aromatic heterocycles. The van der Waals surface area contributed by atoms with Crippen LogP contribution in [-0.2, 0) is 0 Å². The van der Waals surface area contributed by atoms with Crippen LogP contribution >= 0.6 is 0 Å². The first-order chi connectivity index (χ1) is 7.91. The third-order valence-electron chi connectivity index (χ3n) is 3.42. The summed E-state index contributed by atoms with van der Waals surface area (Å²) in [6.45, 7) is 10.6. The van der Waals surface area contributed by atoms with Crippen LogP contribution in [-0.4, -0.2) is 25.5 Å².